The number of carbonyl (C=O) groups is 1. The van der Waals surface area contributed by atoms with Gasteiger partial charge in [-0.05, 0) is 92.5 Å². The van der Waals surface area contributed by atoms with Crippen molar-refractivity contribution in [2.75, 3.05) is 13.1 Å². The van der Waals surface area contributed by atoms with Gasteiger partial charge in [0.15, 0.2) is 0 Å². The van der Waals surface area contributed by atoms with Gasteiger partial charge >= 0.3 is 0 Å². The molecular weight excluding hydrogens is 446 g/mol. The smallest absolute Gasteiger partial charge is 0.272 e. The maximum atomic E-state index is 13.1. The molecule has 5 nitrogen and oxygen atoms in total. The minimum Gasteiger partial charge on any atom is -0.339 e. The van der Waals surface area contributed by atoms with Crippen molar-refractivity contribution in [3.63, 3.8) is 0 Å². The summed E-state index contributed by atoms with van der Waals surface area (Å²) in [6.45, 7) is 7.92. The van der Waals surface area contributed by atoms with Crippen LogP contribution in [0.4, 0.5) is 0 Å². The number of amides is 1. The third-order valence-corrected chi connectivity index (χ3v) is 7.54. The molecule has 1 saturated heterocycles. The lowest BCUT2D eigenvalue weighted by molar-refractivity contribution is 0.0690. The summed E-state index contributed by atoms with van der Waals surface area (Å²) in [7, 11) is 0. The topological polar surface area (TPSA) is 55.2 Å². The molecule has 0 atom stereocenters. The molecule has 1 aromatic heterocycles. The standard InChI is InChI=1S/C31H33N3O2/c1-21-17-28-29(18-22(21)2)34(30(35)23(3)32-28)20-26-9-11-27(12-10-26)31(36)33-15-13-25(14-16-33)19-24-7-5-4-6-8-24/h4-12,17-18,25H,13-16,19-20H2,1-3H3. The van der Waals surface area contributed by atoms with Crippen molar-refractivity contribution in [3.05, 3.63) is 111 Å². The molecule has 0 spiro atoms. The van der Waals surface area contributed by atoms with Gasteiger partial charge in [-0.3, -0.25) is 9.59 Å². The molecule has 1 amide bonds. The van der Waals surface area contributed by atoms with Crippen LogP contribution in [-0.4, -0.2) is 33.4 Å². The van der Waals surface area contributed by atoms with E-state index in [-0.39, 0.29) is 11.5 Å². The van der Waals surface area contributed by atoms with Crippen LogP contribution in [0.5, 0.6) is 0 Å². The summed E-state index contributed by atoms with van der Waals surface area (Å²) in [5.41, 5.74) is 7.44. The molecule has 4 aromatic rings. The second-order valence-electron chi connectivity index (χ2n) is 10.1. The first-order chi connectivity index (χ1) is 17.4. The van der Waals surface area contributed by atoms with Crippen LogP contribution in [0.1, 0.15) is 51.1 Å². The molecule has 36 heavy (non-hydrogen) atoms. The predicted octanol–water partition coefficient (Wildman–Crippen LogP) is 5.46. The summed E-state index contributed by atoms with van der Waals surface area (Å²) in [6, 6.07) is 22.4. The first-order valence-corrected chi connectivity index (χ1v) is 12.8. The largest absolute Gasteiger partial charge is 0.339 e. The quantitative estimate of drug-likeness (QED) is 0.382. The van der Waals surface area contributed by atoms with E-state index >= 15 is 0 Å². The van der Waals surface area contributed by atoms with E-state index in [0.29, 0.717) is 23.7 Å². The molecule has 5 heteroatoms. The summed E-state index contributed by atoms with van der Waals surface area (Å²) in [5.74, 6) is 0.719. The van der Waals surface area contributed by atoms with Crippen LogP contribution < -0.4 is 5.56 Å². The number of hydrogen-bond acceptors (Lipinski definition) is 3. The van der Waals surface area contributed by atoms with Crippen LogP contribution in [0.15, 0.2) is 71.5 Å². The van der Waals surface area contributed by atoms with E-state index in [1.807, 2.05) is 48.2 Å². The van der Waals surface area contributed by atoms with Crippen molar-refractivity contribution in [1.82, 2.24) is 14.5 Å². The summed E-state index contributed by atoms with van der Waals surface area (Å²) in [4.78, 5) is 32.6. The molecule has 2 heterocycles. The number of fused-ring (bicyclic) bond motifs is 1. The van der Waals surface area contributed by atoms with E-state index in [2.05, 4.69) is 42.2 Å². The van der Waals surface area contributed by atoms with E-state index in [9.17, 15) is 9.59 Å². The van der Waals surface area contributed by atoms with Crippen LogP contribution in [-0.2, 0) is 13.0 Å². The van der Waals surface area contributed by atoms with Crippen molar-refractivity contribution in [2.24, 2.45) is 5.92 Å². The highest BCUT2D eigenvalue weighted by molar-refractivity contribution is 5.94. The molecule has 0 N–H and O–H groups in total. The normalized spacial score (nSPS) is 14.4. The van der Waals surface area contributed by atoms with Gasteiger partial charge in [-0.1, -0.05) is 42.5 Å². The molecule has 1 aliphatic rings. The summed E-state index contributed by atoms with van der Waals surface area (Å²) >= 11 is 0. The highest BCUT2D eigenvalue weighted by Gasteiger charge is 2.24. The number of benzene rings is 3. The predicted molar refractivity (Wildman–Crippen MR) is 145 cm³/mol. The summed E-state index contributed by atoms with van der Waals surface area (Å²) in [6.07, 6.45) is 3.16. The Hall–Kier alpha value is -3.73. The molecule has 0 radical (unpaired) electrons. The van der Waals surface area contributed by atoms with Gasteiger partial charge in [-0.15, -0.1) is 0 Å². The zero-order valence-electron chi connectivity index (χ0n) is 21.3. The van der Waals surface area contributed by atoms with Gasteiger partial charge in [0.2, 0.25) is 0 Å². The number of aryl methyl sites for hydroxylation is 3. The first-order valence-electron chi connectivity index (χ1n) is 12.8. The van der Waals surface area contributed by atoms with Gasteiger partial charge in [-0.25, -0.2) is 4.98 Å². The molecular formula is C31H33N3O2. The van der Waals surface area contributed by atoms with E-state index in [4.69, 9.17) is 0 Å². The number of nitrogens with zero attached hydrogens (tertiary/aromatic N) is 3. The molecule has 1 aliphatic heterocycles. The lowest BCUT2D eigenvalue weighted by Gasteiger charge is -2.32. The molecule has 0 saturated carbocycles. The molecule has 0 unspecified atom stereocenters. The second-order valence-corrected chi connectivity index (χ2v) is 10.1. The molecule has 0 aliphatic carbocycles. The Labute approximate surface area is 212 Å². The average Bonchev–Trinajstić information content (AvgIpc) is 2.89. The van der Waals surface area contributed by atoms with Crippen LogP contribution in [0.2, 0.25) is 0 Å². The molecule has 3 aromatic carbocycles. The van der Waals surface area contributed by atoms with E-state index in [1.165, 1.54) is 5.56 Å². The summed E-state index contributed by atoms with van der Waals surface area (Å²) < 4.78 is 1.79. The Morgan fingerprint density at radius 1 is 0.889 bits per heavy atom. The molecule has 1 fully saturated rings. The maximum Gasteiger partial charge on any atom is 0.272 e. The van der Waals surface area contributed by atoms with Crippen LogP contribution in [0.25, 0.3) is 11.0 Å². The average molecular weight is 480 g/mol. The Morgan fingerprint density at radius 2 is 1.56 bits per heavy atom. The van der Waals surface area contributed by atoms with E-state index < -0.39 is 0 Å². The Balaban J connectivity index is 1.27. The number of carbonyl (C=O) groups excluding carboxylic acids is 1. The molecule has 184 valence electrons. The monoisotopic (exact) mass is 479 g/mol. The first kappa shape index (κ1) is 24.0. The number of hydrogen-bond donors (Lipinski definition) is 0. The lowest BCUT2D eigenvalue weighted by atomic mass is 9.90. The Kier molecular flexibility index (Phi) is 6.73. The zero-order chi connectivity index (χ0) is 25.2. The minimum absolute atomic E-state index is 0.0794. The van der Waals surface area contributed by atoms with Crippen LogP contribution >= 0.6 is 0 Å². The lowest BCUT2D eigenvalue weighted by Crippen LogP contribution is -2.38. The van der Waals surface area contributed by atoms with Crippen LogP contribution in [0.3, 0.4) is 0 Å². The van der Waals surface area contributed by atoms with Gasteiger partial charge in [0, 0.05) is 18.7 Å². The fraction of sp³-hybridized carbons (Fsp3) is 0.323. The zero-order valence-corrected chi connectivity index (χ0v) is 21.3. The fourth-order valence-corrected chi connectivity index (χ4v) is 5.19. The molecule has 0 bridgehead atoms. The third kappa shape index (κ3) is 4.97. The minimum atomic E-state index is -0.0794. The number of aromatic nitrogens is 2. The maximum absolute atomic E-state index is 13.1. The highest BCUT2D eigenvalue weighted by Crippen LogP contribution is 2.23. The van der Waals surface area contributed by atoms with Crippen molar-refractivity contribution >= 4 is 16.9 Å². The van der Waals surface area contributed by atoms with E-state index in [1.54, 1.807) is 11.5 Å². The molecule has 5 rings (SSSR count). The van der Waals surface area contributed by atoms with Crippen molar-refractivity contribution in [3.8, 4) is 0 Å². The van der Waals surface area contributed by atoms with Crippen LogP contribution in [0, 0.1) is 26.7 Å². The third-order valence-electron chi connectivity index (χ3n) is 7.54. The number of rotatable bonds is 5. The summed E-state index contributed by atoms with van der Waals surface area (Å²) in [5, 5.41) is 0. The van der Waals surface area contributed by atoms with Gasteiger partial charge in [0.1, 0.15) is 5.69 Å². The van der Waals surface area contributed by atoms with Crippen molar-refractivity contribution in [1.29, 1.82) is 0 Å². The van der Waals surface area contributed by atoms with Gasteiger partial charge < -0.3 is 9.47 Å². The van der Waals surface area contributed by atoms with Crippen molar-refractivity contribution < 1.29 is 4.79 Å². The SMILES string of the molecule is Cc1cc2nc(C)c(=O)n(Cc3ccc(C(=O)N4CCC(Cc5ccccc5)CC4)cc3)c2cc1C. The fourth-order valence-electron chi connectivity index (χ4n) is 5.19. The highest BCUT2D eigenvalue weighted by atomic mass is 16.2. The Bertz CT molecular complexity index is 1450. The number of piperidine rings is 1. The van der Waals surface area contributed by atoms with Crippen molar-refractivity contribution in [2.45, 2.75) is 46.6 Å². The van der Waals surface area contributed by atoms with E-state index in [0.717, 1.165) is 60.1 Å². The second kappa shape index (κ2) is 10.1. The van der Waals surface area contributed by atoms with Gasteiger partial charge in [-0.2, -0.15) is 0 Å². The Morgan fingerprint density at radius 3 is 2.25 bits per heavy atom. The van der Waals surface area contributed by atoms with Gasteiger partial charge in [0.25, 0.3) is 11.5 Å². The van der Waals surface area contributed by atoms with Gasteiger partial charge in [0.05, 0.1) is 17.6 Å². The number of likely N-dealkylation sites (tertiary alicyclic amines) is 1.